The molecule has 1 atom stereocenters. The molecule has 0 radical (unpaired) electrons. The number of benzene rings is 1. The van der Waals surface area contributed by atoms with E-state index in [1.54, 1.807) is 13.0 Å². The Balaban J connectivity index is 2.68. The summed E-state index contributed by atoms with van der Waals surface area (Å²) in [5, 5.41) is 12.3. The van der Waals surface area contributed by atoms with Crippen LogP contribution in [0.1, 0.15) is 25.8 Å². The van der Waals surface area contributed by atoms with Crippen molar-refractivity contribution >= 4 is 0 Å². The number of nitrogens with zero attached hydrogens (tertiary/aromatic N) is 1. The zero-order valence-electron chi connectivity index (χ0n) is 11.1. The fourth-order valence-corrected chi connectivity index (χ4v) is 1.48. The van der Waals surface area contributed by atoms with Crippen LogP contribution in [0.2, 0.25) is 0 Å². The topological polar surface area (TPSA) is 45.0 Å². The molecule has 18 heavy (non-hydrogen) atoms. The number of aryl methyl sites for hydroxylation is 1. The van der Waals surface area contributed by atoms with Gasteiger partial charge in [0.1, 0.15) is 23.7 Å². The number of rotatable bonds is 6. The molecule has 0 aliphatic rings. The van der Waals surface area contributed by atoms with E-state index in [-0.39, 0.29) is 12.4 Å². The van der Waals surface area contributed by atoms with Crippen molar-refractivity contribution in [2.75, 3.05) is 13.2 Å². The van der Waals surface area contributed by atoms with Gasteiger partial charge in [0.15, 0.2) is 0 Å². The molecule has 0 spiro atoms. The minimum Gasteiger partial charge on any atom is -0.490 e. The lowest BCUT2D eigenvalue weighted by Gasteiger charge is -2.23. The third kappa shape index (κ3) is 4.01. The molecular formula is C14H19FN2O. The number of halogens is 1. The Hall–Kier alpha value is -1.60. The van der Waals surface area contributed by atoms with E-state index in [0.717, 1.165) is 18.5 Å². The smallest absolute Gasteiger partial charge is 0.138 e. The van der Waals surface area contributed by atoms with Crippen molar-refractivity contribution in [3.05, 3.63) is 29.6 Å². The van der Waals surface area contributed by atoms with Crippen LogP contribution in [0.4, 0.5) is 4.39 Å². The fraction of sp³-hybridized carbons (Fsp3) is 0.500. The summed E-state index contributed by atoms with van der Waals surface area (Å²) in [5.41, 5.74) is 0.0987. The van der Waals surface area contributed by atoms with Crippen molar-refractivity contribution in [1.29, 1.82) is 5.26 Å². The quantitative estimate of drug-likeness (QED) is 0.844. The van der Waals surface area contributed by atoms with Crippen molar-refractivity contribution in [3.8, 4) is 11.8 Å². The largest absolute Gasteiger partial charge is 0.490 e. The summed E-state index contributed by atoms with van der Waals surface area (Å²) in [6.45, 7) is 6.58. The Bertz CT molecular complexity index is 442. The molecule has 98 valence electrons. The standard InChI is InChI=1S/C14H19FN2O/c1-4-7-17-14(3,9-16)10-18-13-8-12(15)6-5-11(13)2/h5-6,8,17H,4,7,10H2,1-3H3. The molecule has 1 aromatic rings. The lowest BCUT2D eigenvalue weighted by Crippen LogP contribution is -2.46. The number of hydrogen-bond acceptors (Lipinski definition) is 3. The molecule has 4 heteroatoms. The van der Waals surface area contributed by atoms with Gasteiger partial charge in [-0.05, 0) is 38.4 Å². The Morgan fingerprint density at radius 1 is 1.50 bits per heavy atom. The van der Waals surface area contributed by atoms with Gasteiger partial charge >= 0.3 is 0 Å². The lowest BCUT2D eigenvalue weighted by molar-refractivity contribution is 0.232. The van der Waals surface area contributed by atoms with Gasteiger partial charge in [0.25, 0.3) is 0 Å². The van der Waals surface area contributed by atoms with Crippen LogP contribution in [-0.2, 0) is 0 Å². The molecule has 0 amide bonds. The molecule has 0 aliphatic heterocycles. The average Bonchev–Trinajstić information content (AvgIpc) is 2.37. The van der Waals surface area contributed by atoms with E-state index in [1.165, 1.54) is 12.1 Å². The number of nitrogens with one attached hydrogen (secondary N) is 1. The first-order chi connectivity index (χ1) is 8.50. The van der Waals surface area contributed by atoms with Gasteiger partial charge in [0.2, 0.25) is 0 Å². The second kappa shape index (κ2) is 6.36. The monoisotopic (exact) mass is 250 g/mol. The van der Waals surface area contributed by atoms with Gasteiger partial charge in [-0.25, -0.2) is 4.39 Å². The molecule has 1 N–H and O–H groups in total. The fourth-order valence-electron chi connectivity index (χ4n) is 1.48. The molecular weight excluding hydrogens is 231 g/mol. The molecule has 0 bridgehead atoms. The molecule has 1 rings (SSSR count). The SMILES string of the molecule is CCCNC(C)(C#N)COc1cc(F)ccc1C. The van der Waals surface area contributed by atoms with Crippen LogP contribution in [0.3, 0.4) is 0 Å². The van der Waals surface area contributed by atoms with E-state index in [0.29, 0.717) is 5.75 Å². The van der Waals surface area contributed by atoms with E-state index in [9.17, 15) is 4.39 Å². The second-order valence-electron chi connectivity index (χ2n) is 4.57. The van der Waals surface area contributed by atoms with Gasteiger partial charge < -0.3 is 4.74 Å². The third-order valence-electron chi connectivity index (χ3n) is 2.68. The van der Waals surface area contributed by atoms with Crippen LogP contribution in [0.25, 0.3) is 0 Å². The maximum absolute atomic E-state index is 13.1. The van der Waals surface area contributed by atoms with Crippen LogP contribution in [-0.4, -0.2) is 18.7 Å². The minimum atomic E-state index is -0.755. The first-order valence-electron chi connectivity index (χ1n) is 6.06. The van der Waals surface area contributed by atoms with Crippen molar-refractivity contribution in [2.45, 2.75) is 32.7 Å². The first kappa shape index (κ1) is 14.5. The van der Waals surface area contributed by atoms with Gasteiger partial charge in [0, 0.05) is 6.07 Å². The molecule has 0 aliphatic carbocycles. The summed E-state index contributed by atoms with van der Waals surface area (Å²) in [4.78, 5) is 0. The van der Waals surface area contributed by atoms with Crippen molar-refractivity contribution < 1.29 is 9.13 Å². The van der Waals surface area contributed by atoms with Gasteiger partial charge in [-0.2, -0.15) is 5.26 Å². The summed E-state index contributed by atoms with van der Waals surface area (Å²) >= 11 is 0. The number of nitriles is 1. The molecule has 3 nitrogen and oxygen atoms in total. The Kier molecular flexibility index (Phi) is 5.11. The summed E-state index contributed by atoms with van der Waals surface area (Å²) < 4.78 is 18.6. The molecule has 1 aromatic carbocycles. The Morgan fingerprint density at radius 3 is 2.83 bits per heavy atom. The van der Waals surface area contributed by atoms with Crippen LogP contribution in [0, 0.1) is 24.1 Å². The van der Waals surface area contributed by atoms with Crippen molar-refractivity contribution in [3.63, 3.8) is 0 Å². The van der Waals surface area contributed by atoms with E-state index in [2.05, 4.69) is 11.4 Å². The van der Waals surface area contributed by atoms with E-state index in [1.807, 2.05) is 13.8 Å². The second-order valence-corrected chi connectivity index (χ2v) is 4.57. The maximum atomic E-state index is 13.1. The summed E-state index contributed by atoms with van der Waals surface area (Å²) in [7, 11) is 0. The highest BCUT2D eigenvalue weighted by atomic mass is 19.1. The van der Waals surface area contributed by atoms with Gasteiger partial charge in [0.05, 0.1) is 6.07 Å². The Morgan fingerprint density at radius 2 is 2.22 bits per heavy atom. The number of hydrogen-bond donors (Lipinski definition) is 1. The molecule has 0 saturated heterocycles. The predicted octanol–water partition coefficient (Wildman–Crippen LogP) is 2.79. The summed E-state index contributed by atoms with van der Waals surface area (Å²) in [6.07, 6.45) is 0.941. The number of ether oxygens (including phenoxy) is 1. The van der Waals surface area contributed by atoms with Gasteiger partial charge in [-0.3, -0.25) is 5.32 Å². The van der Waals surface area contributed by atoms with Crippen LogP contribution in [0.5, 0.6) is 5.75 Å². The molecule has 0 aromatic heterocycles. The highest BCUT2D eigenvalue weighted by Gasteiger charge is 2.24. The van der Waals surface area contributed by atoms with Crippen molar-refractivity contribution in [2.24, 2.45) is 0 Å². The third-order valence-corrected chi connectivity index (χ3v) is 2.68. The van der Waals surface area contributed by atoms with E-state index < -0.39 is 5.54 Å². The van der Waals surface area contributed by atoms with Crippen LogP contribution in [0.15, 0.2) is 18.2 Å². The zero-order valence-corrected chi connectivity index (χ0v) is 11.1. The molecule has 0 heterocycles. The van der Waals surface area contributed by atoms with Crippen LogP contribution >= 0.6 is 0 Å². The predicted molar refractivity (Wildman–Crippen MR) is 68.9 cm³/mol. The molecule has 0 saturated carbocycles. The van der Waals surface area contributed by atoms with Gasteiger partial charge in [-0.1, -0.05) is 13.0 Å². The molecule has 1 unspecified atom stereocenters. The van der Waals surface area contributed by atoms with Crippen molar-refractivity contribution in [1.82, 2.24) is 5.32 Å². The summed E-state index contributed by atoms with van der Waals surface area (Å²) in [5.74, 6) is 0.144. The zero-order chi connectivity index (χ0) is 13.6. The average molecular weight is 250 g/mol. The first-order valence-corrected chi connectivity index (χ1v) is 6.06. The lowest BCUT2D eigenvalue weighted by atomic mass is 10.1. The normalized spacial score (nSPS) is 13.7. The van der Waals surface area contributed by atoms with Crippen LogP contribution < -0.4 is 10.1 Å². The van der Waals surface area contributed by atoms with E-state index in [4.69, 9.17) is 10.00 Å². The highest BCUT2D eigenvalue weighted by Crippen LogP contribution is 2.20. The Labute approximate surface area is 108 Å². The highest BCUT2D eigenvalue weighted by molar-refractivity contribution is 5.32. The minimum absolute atomic E-state index is 0.188. The van der Waals surface area contributed by atoms with Gasteiger partial charge in [-0.15, -0.1) is 0 Å². The summed E-state index contributed by atoms with van der Waals surface area (Å²) in [6, 6.07) is 6.58. The maximum Gasteiger partial charge on any atom is 0.138 e. The van der Waals surface area contributed by atoms with E-state index >= 15 is 0 Å². The molecule has 0 fully saturated rings.